The zero-order valence-corrected chi connectivity index (χ0v) is 14.3. The maximum absolute atomic E-state index is 12.5. The van der Waals surface area contributed by atoms with Crippen LogP contribution >= 0.6 is 0 Å². The lowest BCUT2D eigenvalue weighted by Gasteiger charge is -2.08. The minimum absolute atomic E-state index is 0.179. The van der Waals surface area contributed by atoms with Crippen molar-refractivity contribution in [3.63, 3.8) is 0 Å². The molecule has 0 aliphatic heterocycles. The van der Waals surface area contributed by atoms with Crippen LogP contribution in [0.5, 0.6) is 0 Å². The molecule has 1 amide bonds. The summed E-state index contributed by atoms with van der Waals surface area (Å²) >= 11 is 0. The summed E-state index contributed by atoms with van der Waals surface area (Å²) in [6.07, 6.45) is 4.55. The highest BCUT2D eigenvalue weighted by molar-refractivity contribution is 6.02. The van der Waals surface area contributed by atoms with Gasteiger partial charge in [0.2, 0.25) is 0 Å². The maximum Gasteiger partial charge on any atom is 0.333 e. The van der Waals surface area contributed by atoms with Gasteiger partial charge in [-0.3, -0.25) is 9.59 Å². The van der Waals surface area contributed by atoms with Gasteiger partial charge in [0.25, 0.3) is 11.5 Å². The minimum atomic E-state index is -0.719. The molecular formula is C18H13N7O3. The quantitative estimate of drug-likeness (QED) is 0.542. The van der Waals surface area contributed by atoms with E-state index in [9.17, 15) is 14.4 Å². The first kappa shape index (κ1) is 17.1. The molecule has 2 N–H and O–H groups in total. The Bertz CT molecular complexity index is 1210. The highest BCUT2D eigenvalue weighted by Gasteiger charge is 2.13. The van der Waals surface area contributed by atoms with E-state index in [-0.39, 0.29) is 11.5 Å². The number of H-pyrrole nitrogens is 1. The predicted molar refractivity (Wildman–Crippen MR) is 99.8 cm³/mol. The van der Waals surface area contributed by atoms with Crippen LogP contribution in [0.3, 0.4) is 0 Å². The number of hydrogen-bond donors (Lipinski definition) is 2. The second-order valence-electron chi connectivity index (χ2n) is 5.66. The molecular weight excluding hydrogens is 362 g/mol. The predicted octanol–water partition coefficient (Wildman–Crippen LogP) is 0.754. The van der Waals surface area contributed by atoms with E-state index in [0.717, 1.165) is 10.6 Å². The summed E-state index contributed by atoms with van der Waals surface area (Å²) < 4.78 is 2.44. The fraction of sp³-hybridized carbons (Fsp3) is 0. The van der Waals surface area contributed by atoms with Gasteiger partial charge in [-0.25, -0.2) is 24.0 Å². The lowest BCUT2D eigenvalue weighted by atomic mass is 10.3. The highest BCUT2D eigenvalue weighted by atomic mass is 16.2. The van der Waals surface area contributed by atoms with Gasteiger partial charge >= 0.3 is 5.69 Å². The summed E-state index contributed by atoms with van der Waals surface area (Å²) in [5.41, 5.74) is -1.12. The van der Waals surface area contributed by atoms with Gasteiger partial charge in [-0.15, -0.1) is 0 Å². The SMILES string of the molecule is O=C(Nc1cc(-n2cccn2)ncn1)c1cc(=O)n(-c2ccccc2)c(=O)[nH]1. The second kappa shape index (κ2) is 7.11. The summed E-state index contributed by atoms with van der Waals surface area (Å²) in [5, 5.41) is 6.57. The van der Waals surface area contributed by atoms with E-state index < -0.39 is 17.2 Å². The molecule has 28 heavy (non-hydrogen) atoms. The molecule has 0 saturated carbocycles. The highest BCUT2D eigenvalue weighted by Crippen LogP contribution is 2.09. The monoisotopic (exact) mass is 375 g/mol. The average molecular weight is 375 g/mol. The van der Waals surface area contributed by atoms with Crippen molar-refractivity contribution in [1.29, 1.82) is 0 Å². The van der Waals surface area contributed by atoms with Gasteiger partial charge in [-0.2, -0.15) is 5.10 Å². The van der Waals surface area contributed by atoms with Gasteiger partial charge in [0.1, 0.15) is 17.8 Å². The standard InChI is InChI=1S/C18H13N7O3/c26-16-9-13(22-18(28)25(16)12-5-2-1-3-6-12)17(27)23-14-10-15(20-11-19-14)24-8-4-7-21-24/h1-11H,(H,22,28)(H,19,20,23,27). The van der Waals surface area contributed by atoms with Gasteiger partial charge < -0.3 is 10.3 Å². The van der Waals surface area contributed by atoms with Crippen molar-refractivity contribution in [3.8, 4) is 11.5 Å². The first-order valence-corrected chi connectivity index (χ1v) is 8.17. The molecule has 3 heterocycles. The van der Waals surface area contributed by atoms with Crippen LogP contribution in [-0.4, -0.2) is 35.2 Å². The van der Waals surface area contributed by atoms with Gasteiger partial charge in [0.05, 0.1) is 5.69 Å². The first-order valence-electron chi connectivity index (χ1n) is 8.17. The van der Waals surface area contributed by atoms with Crippen molar-refractivity contribution < 1.29 is 4.79 Å². The van der Waals surface area contributed by atoms with E-state index in [1.165, 1.54) is 17.1 Å². The number of carbonyl (C=O) groups is 1. The van der Waals surface area contributed by atoms with Crippen LogP contribution in [0, 0.1) is 0 Å². The molecule has 10 heteroatoms. The lowest BCUT2D eigenvalue weighted by Crippen LogP contribution is -2.35. The molecule has 0 bridgehead atoms. The second-order valence-corrected chi connectivity index (χ2v) is 5.66. The molecule has 0 radical (unpaired) electrons. The fourth-order valence-electron chi connectivity index (χ4n) is 2.57. The summed E-state index contributed by atoms with van der Waals surface area (Å²) in [6.45, 7) is 0. The van der Waals surface area contributed by atoms with Crippen LogP contribution in [0.4, 0.5) is 5.82 Å². The average Bonchev–Trinajstić information content (AvgIpc) is 3.23. The van der Waals surface area contributed by atoms with Gasteiger partial charge in [0.15, 0.2) is 5.82 Å². The maximum atomic E-state index is 12.5. The number of nitrogens with one attached hydrogen (secondary N) is 2. The molecule has 0 atom stereocenters. The summed E-state index contributed by atoms with van der Waals surface area (Å²) in [4.78, 5) is 47.6. The number of amides is 1. The number of carbonyl (C=O) groups excluding carboxylic acids is 1. The van der Waals surface area contributed by atoms with E-state index in [2.05, 4.69) is 25.4 Å². The number of aromatic nitrogens is 6. The Kier molecular flexibility index (Phi) is 4.34. The molecule has 4 aromatic rings. The molecule has 0 aliphatic carbocycles. The van der Waals surface area contributed by atoms with Crippen LogP contribution < -0.4 is 16.6 Å². The molecule has 1 aromatic carbocycles. The van der Waals surface area contributed by atoms with Crippen molar-refractivity contribution in [3.05, 3.63) is 93.8 Å². The Morgan fingerprint density at radius 1 is 1.04 bits per heavy atom. The Morgan fingerprint density at radius 2 is 1.86 bits per heavy atom. The Balaban J connectivity index is 1.62. The van der Waals surface area contributed by atoms with E-state index in [0.29, 0.717) is 11.5 Å². The van der Waals surface area contributed by atoms with Gasteiger partial charge in [-0.05, 0) is 18.2 Å². The normalized spacial score (nSPS) is 10.6. The minimum Gasteiger partial charge on any atom is -0.305 e. The van der Waals surface area contributed by atoms with Crippen molar-refractivity contribution >= 4 is 11.7 Å². The van der Waals surface area contributed by atoms with E-state index in [1.807, 2.05) is 0 Å². The largest absolute Gasteiger partial charge is 0.333 e. The first-order chi connectivity index (χ1) is 13.6. The van der Waals surface area contributed by atoms with E-state index in [1.54, 1.807) is 48.8 Å². The molecule has 0 fully saturated rings. The van der Waals surface area contributed by atoms with Crippen molar-refractivity contribution in [2.24, 2.45) is 0 Å². The van der Waals surface area contributed by atoms with E-state index in [4.69, 9.17) is 0 Å². The molecule has 0 saturated heterocycles. The molecule has 0 unspecified atom stereocenters. The fourth-order valence-corrected chi connectivity index (χ4v) is 2.57. The van der Waals surface area contributed by atoms with Crippen LogP contribution in [0.2, 0.25) is 0 Å². The molecule has 0 aliphatic rings. The number of hydrogen-bond acceptors (Lipinski definition) is 6. The third-order valence-corrected chi connectivity index (χ3v) is 3.83. The number of anilines is 1. The van der Waals surface area contributed by atoms with Crippen molar-refractivity contribution in [1.82, 2.24) is 29.3 Å². The number of para-hydroxylation sites is 1. The molecule has 138 valence electrons. The number of nitrogens with zero attached hydrogens (tertiary/aromatic N) is 5. The Morgan fingerprint density at radius 3 is 2.57 bits per heavy atom. The van der Waals surface area contributed by atoms with Crippen molar-refractivity contribution in [2.45, 2.75) is 0 Å². The molecule has 0 spiro atoms. The summed E-state index contributed by atoms with van der Waals surface area (Å²) in [7, 11) is 0. The summed E-state index contributed by atoms with van der Waals surface area (Å²) in [5.74, 6) is -0.0404. The Hall–Kier alpha value is -4.34. The topological polar surface area (TPSA) is 128 Å². The number of aromatic amines is 1. The smallest absolute Gasteiger partial charge is 0.305 e. The molecule has 10 nitrogen and oxygen atoms in total. The zero-order chi connectivity index (χ0) is 19.5. The van der Waals surface area contributed by atoms with Crippen LogP contribution in [0.25, 0.3) is 11.5 Å². The lowest BCUT2D eigenvalue weighted by molar-refractivity contribution is 0.102. The van der Waals surface area contributed by atoms with Gasteiger partial charge in [-0.1, -0.05) is 18.2 Å². The molecule has 4 rings (SSSR count). The molecule has 3 aromatic heterocycles. The van der Waals surface area contributed by atoms with Crippen LogP contribution in [0.1, 0.15) is 10.5 Å². The zero-order valence-electron chi connectivity index (χ0n) is 14.3. The third kappa shape index (κ3) is 3.33. The van der Waals surface area contributed by atoms with Crippen LogP contribution in [0.15, 0.2) is 76.8 Å². The number of rotatable bonds is 4. The van der Waals surface area contributed by atoms with Gasteiger partial charge in [0, 0.05) is 24.5 Å². The van der Waals surface area contributed by atoms with E-state index >= 15 is 0 Å². The Labute approximate surface area is 157 Å². The summed E-state index contributed by atoms with van der Waals surface area (Å²) in [6, 6.07) is 12.7. The van der Waals surface area contributed by atoms with Crippen molar-refractivity contribution in [2.75, 3.05) is 5.32 Å². The van der Waals surface area contributed by atoms with Crippen LogP contribution in [-0.2, 0) is 0 Å². The third-order valence-electron chi connectivity index (χ3n) is 3.83. The number of benzene rings is 1.